The first-order chi connectivity index (χ1) is 6.90. The number of nitrogens with two attached hydrogens (primary N) is 1. The zero-order valence-electron chi connectivity index (χ0n) is 7.60. The highest BCUT2D eigenvalue weighted by Gasteiger charge is 2.08. The van der Waals surface area contributed by atoms with E-state index in [1.54, 1.807) is 12.3 Å². The van der Waals surface area contributed by atoms with Crippen molar-refractivity contribution in [1.29, 1.82) is 0 Å². The third-order valence-electron chi connectivity index (χ3n) is 1.79. The van der Waals surface area contributed by atoms with Crippen LogP contribution in [0, 0.1) is 0 Å². The number of nitrogens with one attached hydrogen (secondary N) is 1. The molecule has 0 radical (unpaired) electrons. The second kappa shape index (κ2) is 4.01. The van der Waals surface area contributed by atoms with E-state index in [2.05, 4.69) is 20.4 Å². The lowest BCUT2D eigenvalue weighted by molar-refractivity contribution is 0.497. The van der Waals surface area contributed by atoms with Crippen molar-refractivity contribution < 1.29 is 4.42 Å². The minimum Gasteiger partial charge on any atom is -0.419 e. The molecule has 2 rings (SSSR count). The highest BCUT2D eigenvalue weighted by Crippen LogP contribution is 2.14. The Balaban J connectivity index is 2.10. The summed E-state index contributed by atoms with van der Waals surface area (Å²) in [5, 5.41) is 14.3. The van der Waals surface area contributed by atoms with Crippen molar-refractivity contribution in [2.24, 2.45) is 5.73 Å². The zero-order valence-corrected chi connectivity index (χ0v) is 7.60. The van der Waals surface area contributed by atoms with Gasteiger partial charge in [-0.15, -0.1) is 10.2 Å². The van der Waals surface area contributed by atoms with Crippen LogP contribution in [0.5, 0.6) is 0 Å². The molecule has 3 N–H and O–H groups in total. The zero-order chi connectivity index (χ0) is 9.80. The molecule has 0 unspecified atom stereocenters. The van der Waals surface area contributed by atoms with Gasteiger partial charge in [-0.25, -0.2) is 0 Å². The first-order valence-corrected chi connectivity index (χ1v) is 4.42. The van der Waals surface area contributed by atoms with Crippen molar-refractivity contribution in [1.82, 2.24) is 20.4 Å². The quantitative estimate of drug-likeness (QED) is 0.730. The molecule has 2 aromatic rings. The molecule has 74 valence electrons. The minimum atomic E-state index is 0.467. The van der Waals surface area contributed by atoms with E-state index in [4.69, 9.17) is 10.2 Å². The van der Waals surface area contributed by atoms with Crippen LogP contribution in [0.25, 0.3) is 11.6 Å². The van der Waals surface area contributed by atoms with Gasteiger partial charge in [0, 0.05) is 12.6 Å². The largest absolute Gasteiger partial charge is 0.419 e. The number of aromatic nitrogens is 4. The van der Waals surface area contributed by atoms with E-state index in [1.165, 1.54) is 0 Å². The van der Waals surface area contributed by atoms with E-state index < -0.39 is 0 Å². The van der Waals surface area contributed by atoms with Gasteiger partial charge in [0.2, 0.25) is 5.89 Å². The third kappa shape index (κ3) is 1.80. The number of aromatic amines is 1. The standard InChI is InChI=1S/C8H11N5O/c9-4-1-2-7-12-13-8(14-7)6-3-5-10-11-6/h3,5H,1-2,4,9H2,(H,10,11). The maximum absolute atomic E-state index is 5.38. The summed E-state index contributed by atoms with van der Waals surface area (Å²) in [5.41, 5.74) is 6.10. The van der Waals surface area contributed by atoms with Gasteiger partial charge in [-0.3, -0.25) is 5.10 Å². The molecule has 0 saturated heterocycles. The number of aryl methyl sites for hydroxylation is 1. The topological polar surface area (TPSA) is 93.6 Å². The van der Waals surface area contributed by atoms with Crippen LogP contribution >= 0.6 is 0 Å². The second-order valence-electron chi connectivity index (χ2n) is 2.86. The molecule has 0 bridgehead atoms. The number of nitrogens with zero attached hydrogens (tertiary/aromatic N) is 3. The Kier molecular flexibility index (Phi) is 2.55. The summed E-state index contributed by atoms with van der Waals surface area (Å²) in [6.45, 7) is 0.627. The van der Waals surface area contributed by atoms with Gasteiger partial charge in [-0.1, -0.05) is 0 Å². The molecule has 0 spiro atoms. The summed E-state index contributed by atoms with van der Waals surface area (Å²) in [4.78, 5) is 0. The van der Waals surface area contributed by atoms with Crippen molar-refractivity contribution in [3.63, 3.8) is 0 Å². The van der Waals surface area contributed by atoms with Crippen LogP contribution in [0.3, 0.4) is 0 Å². The second-order valence-corrected chi connectivity index (χ2v) is 2.86. The van der Waals surface area contributed by atoms with Crippen LogP contribution in [-0.4, -0.2) is 26.9 Å². The molecule has 6 heteroatoms. The summed E-state index contributed by atoms with van der Waals surface area (Å²) in [6, 6.07) is 1.78. The van der Waals surface area contributed by atoms with Gasteiger partial charge in [0.05, 0.1) is 0 Å². The Morgan fingerprint density at radius 1 is 1.43 bits per heavy atom. The summed E-state index contributed by atoms with van der Waals surface area (Å²) < 4.78 is 5.38. The predicted molar refractivity (Wildman–Crippen MR) is 49.3 cm³/mol. The average molecular weight is 193 g/mol. The fourth-order valence-electron chi connectivity index (χ4n) is 1.09. The maximum atomic E-state index is 5.38. The molecule has 6 nitrogen and oxygen atoms in total. The van der Waals surface area contributed by atoms with Crippen LogP contribution < -0.4 is 5.73 Å². The molecule has 14 heavy (non-hydrogen) atoms. The molecule has 0 aliphatic carbocycles. The van der Waals surface area contributed by atoms with Crippen LogP contribution in [0.15, 0.2) is 16.7 Å². The predicted octanol–water partition coefficient (Wildman–Crippen LogP) is 0.351. The van der Waals surface area contributed by atoms with Gasteiger partial charge in [-0.05, 0) is 19.0 Å². The highest BCUT2D eigenvalue weighted by molar-refractivity contribution is 5.44. The lowest BCUT2D eigenvalue weighted by atomic mass is 10.3. The molecule has 0 fully saturated rings. The molecular formula is C8H11N5O. The lowest BCUT2D eigenvalue weighted by Gasteiger charge is -1.89. The average Bonchev–Trinajstić information content (AvgIpc) is 2.85. The van der Waals surface area contributed by atoms with Crippen LogP contribution in [0.2, 0.25) is 0 Å². The van der Waals surface area contributed by atoms with Crippen LogP contribution in [-0.2, 0) is 6.42 Å². The molecule has 0 amide bonds. The SMILES string of the molecule is NCCCc1nnc(-c2ccn[nH]2)o1. The Hall–Kier alpha value is -1.69. The first kappa shape index (κ1) is 8.89. The van der Waals surface area contributed by atoms with Gasteiger partial charge >= 0.3 is 0 Å². The summed E-state index contributed by atoms with van der Waals surface area (Å²) in [7, 11) is 0. The highest BCUT2D eigenvalue weighted by atomic mass is 16.4. The Labute approximate surface area is 80.5 Å². The van der Waals surface area contributed by atoms with Gasteiger partial charge in [-0.2, -0.15) is 5.10 Å². The maximum Gasteiger partial charge on any atom is 0.265 e. The lowest BCUT2D eigenvalue weighted by Crippen LogP contribution is -2.00. The number of rotatable bonds is 4. The Bertz CT molecular complexity index is 380. The summed E-state index contributed by atoms with van der Waals surface area (Å²) in [5.74, 6) is 1.08. The number of hydrogen-bond acceptors (Lipinski definition) is 5. The van der Waals surface area contributed by atoms with Crippen LogP contribution in [0.4, 0.5) is 0 Å². The molecule has 2 heterocycles. The van der Waals surface area contributed by atoms with Gasteiger partial charge in [0.1, 0.15) is 5.69 Å². The smallest absolute Gasteiger partial charge is 0.265 e. The fraction of sp³-hybridized carbons (Fsp3) is 0.375. The normalized spacial score (nSPS) is 10.6. The van der Waals surface area contributed by atoms with Gasteiger partial charge in [0.25, 0.3) is 5.89 Å². The first-order valence-electron chi connectivity index (χ1n) is 4.42. The van der Waals surface area contributed by atoms with Gasteiger partial charge < -0.3 is 10.2 Å². The van der Waals surface area contributed by atoms with Crippen LogP contribution in [0.1, 0.15) is 12.3 Å². The molecule has 0 saturated carbocycles. The van der Waals surface area contributed by atoms with E-state index in [-0.39, 0.29) is 0 Å². The minimum absolute atomic E-state index is 0.467. The molecule has 2 aromatic heterocycles. The summed E-state index contributed by atoms with van der Waals surface area (Å²) in [6.07, 6.45) is 3.21. The molecular weight excluding hydrogens is 182 g/mol. The monoisotopic (exact) mass is 193 g/mol. The van der Waals surface area contributed by atoms with E-state index in [0.717, 1.165) is 18.5 Å². The van der Waals surface area contributed by atoms with Gasteiger partial charge in [0.15, 0.2) is 0 Å². The number of hydrogen-bond donors (Lipinski definition) is 2. The molecule has 0 aromatic carbocycles. The fourth-order valence-corrected chi connectivity index (χ4v) is 1.09. The molecule has 0 atom stereocenters. The van der Waals surface area contributed by atoms with E-state index in [1.807, 2.05) is 0 Å². The van der Waals surface area contributed by atoms with Crippen molar-refractivity contribution in [3.8, 4) is 11.6 Å². The van der Waals surface area contributed by atoms with E-state index >= 15 is 0 Å². The number of H-pyrrole nitrogens is 1. The van der Waals surface area contributed by atoms with E-state index in [9.17, 15) is 0 Å². The summed E-state index contributed by atoms with van der Waals surface area (Å²) >= 11 is 0. The molecule has 0 aliphatic heterocycles. The molecule has 0 aliphatic rings. The third-order valence-corrected chi connectivity index (χ3v) is 1.79. The van der Waals surface area contributed by atoms with Crippen molar-refractivity contribution in [2.75, 3.05) is 6.54 Å². The van der Waals surface area contributed by atoms with Crippen molar-refractivity contribution in [3.05, 3.63) is 18.2 Å². The van der Waals surface area contributed by atoms with E-state index in [0.29, 0.717) is 18.3 Å². The Morgan fingerprint density at radius 2 is 2.36 bits per heavy atom. The Morgan fingerprint density at radius 3 is 3.07 bits per heavy atom. The van der Waals surface area contributed by atoms with Crippen molar-refractivity contribution >= 4 is 0 Å². The van der Waals surface area contributed by atoms with Crippen molar-refractivity contribution in [2.45, 2.75) is 12.8 Å².